The summed E-state index contributed by atoms with van der Waals surface area (Å²) in [6.07, 6.45) is 0. The van der Waals surface area contributed by atoms with Crippen LogP contribution in [0.5, 0.6) is 0 Å². The molecule has 0 aliphatic heterocycles. The third-order valence-corrected chi connectivity index (χ3v) is 37.4. The van der Waals surface area contributed by atoms with Crippen LogP contribution >= 0.6 is 0 Å². The number of aliphatic hydroxyl groups is 2. The molecule has 7 rings (SSSR count). The number of hydrogen-bond donors (Lipinski definition) is 2. The van der Waals surface area contributed by atoms with Crippen molar-refractivity contribution < 1.29 is 19.1 Å². The lowest BCUT2D eigenvalue weighted by Crippen LogP contribution is -2.53. The Bertz CT molecular complexity index is 2740. The van der Waals surface area contributed by atoms with Gasteiger partial charge in [-0.05, 0) is 126 Å². The molecule has 8 heteroatoms. The number of hydrogen-bond acceptors (Lipinski definition) is 4. The molecule has 0 saturated heterocycles. The van der Waals surface area contributed by atoms with Crippen LogP contribution in [0.25, 0.3) is 21.5 Å². The van der Waals surface area contributed by atoms with Crippen molar-refractivity contribution in [3.63, 3.8) is 0 Å². The van der Waals surface area contributed by atoms with Gasteiger partial charge in [-0.25, -0.2) is 0 Å². The smallest absolute Gasteiger partial charge is 0.192 e. The van der Waals surface area contributed by atoms with Gasteiger partial charge in [-0.2, -0.15) is 0 Å². The highest BCUT2D eigenvalue weighted by Crippen LogP contribution is 2.51. The van der Waals surface area contributed by atoms with Crippen molar-refractivity contribution in [1.82, 2.24) is 0 Å². The lowest BCUT2D eigenvalue weighted by molar-refractivity contribution is 0.0950. The van der Waals surface area contributed by atoms with Gasteiger partial charge in [0.2, 0.25) is 0 Å². The predicted molar refractivity (Wildman–Crippen MR) is 317 cm³/mol. The van der Waals surface area contributed by atoms with Crippen LogP contribution in [0.1, 0.15) is 130 Å². The number of rotatable bonds is 12. The van der Waals surface area contributed by atoms with Crippen LogP contribution in [0.2, 0.25) is 58.4 Å². The van der Waals surface area contributed by atoms with Gasteiger partial charge in [0.05, 0.1) is 13.2 Å². The van der Waals surface area contributed by atoms with E-state index < -0.39 is 44.0 Å². The van der Waals surface area contributed by atoms with E-state index in [-0.39, 0.29) is 32.2 Å². The molecule has 4 nitrogen and oxygen atoms in total. The van der Waals surface area contributed by atoms with Crippen LogP contribution in [0.4, 0.5) is 0 Å². The van der Waals surface area contributed by atoms with E-state index in [2.05, 4.69) is 243 Å². The fraction of sp³-hybridized carbons (Fsp3) is 0.438. The van der Waals surface area contributed by atoms with Crippen molar-refractivity contribution in [2.24, 2.45) is 0 Å². The Hall–Kier alpha value is -4.33. The van der Waals surface area contributed by atoms with Crippen molar-refractivity contribution in [1.29, 1.82) is 0 Å². The molecular weight excluding hydrogens is 945 g/mol. The second-order valence-corrected chi connectivity index (χ2v) is 44.6. The Balaban J connectivity index is 1.44. The van der Waals surface area contributed by atoms with Gasteiger partial charge in [0.25, 0.3) is 0 Å². The first kappa shape index (κ1) is 55.4. The standard InChI is InChI=1S/C64H84O4Si4/c1-45(2)71(46(3)4,55-31-27-49(28-32-55)43-67-69(15,16)61(9,10)11)37-35-63(65)57-39-51-23-19-21-25-53(51)41-59(57)64(66,60-42-54-26-22-20-24-52(54)40-58(60)63)36-38-72(47(5)6,48(7)8)56-33-29-50(30-34-56)44-68-70(17,18)62(12,13)14/h19-34,39-42,45-48,65-66H,43-44H2,1-18H3. The molecule has 0 unspecified atom stereocenters. The van der Waals surface area contributed by atoms with Crippen molar-refractivity contribution >= 4 is 64.7 Å². The predicted octanol–water partition coefficient (Wildman–Crippen LogP) is 15.3. The molecule has 0 atom stereocenters. The summed E-state index contributed by atoms with van der Waals surface area (Å²) < 4.78 is 13.3. The molecule has 0 heterocycles. The van der Waals surface area contributed by atoms with E-state index >= 15 is 0 Å². The first-order valence-electron chi connectivity index (χ1n) is 26.5. The SMILES string of the molecule is CC(C)[Si](C#CC1(O)c2cc3ccccc3cc2C(O)(C#C[Si](c2ccc(CO[Si](C)(C)C(C)(C)C)cc2)(C(C)C)C(C)C)c2cc3ccccc3cc21)(c1ccc(CO[Si](C)(C)C(C)(C)C)cc1)C(C)C. The van der Waals surface area contributed by atoms with Gasteiger partial charge in [0, 0.05) is 22.3 Å². The first-order chi connectivity index (χ1) is 33.4. The first-order valence-corrected chi connectivity index (χ1v) is 36.6. The molecule has 0 radical (unpaired) electrons. The fourth-order valence-electron chi connectivity index (χ4n) is 10.7. The second kappa shape index (κ2) is 20.1. The highest BCUT2D eigenvalue weighted by atomic mass is 28.4. The fourth-order valence-corrected chi connectivity index (χ4v) is 21.6. The molecule has 0 fully saturated rings. The van der Waals surface area contributed by atoms with Gasteiger partial charge < -0.3 is 19.1 Å². The molecule has 0 bridgehead atoms. The Morgan fingerprint density at radius 3 is 0.903 bits per heavy atom. The van der Waals surface area contributed by atoms with Crippen LogP contribution in [0, 0.1) is 22.9 Å². The van der Waals surface area contributed by atoms with E-state index in [1.807, 2.05) is 24.3 Å². The third-order valence-electron chi connectivity index (χ3n) is 17.5. The molecule has 2 N–H and O–H groups in total. The molecule has 6 aromatic carbocycles. The van der Waals surface area contributed by atoms with Crippen molar-refractivity contribution in [3.05, 3.63) is 155 Å². The van der Waals surface area contributed by atoms with Crippen LogP contribution < -0.4 is 10.4 Å². The summed E-state index contributed by atoms with van der Waals surface area (Å²) in [7, 11) is -9.34. The van der Waals surface area contributed by atoms with Gasteiger partial charge in [0.1, 0.15) is 0 Å². The van der Waals surface area contributed by atoms with Gasteiger partial charge in [0.15, 0.2) is 44.0 Å². The summed E-state index contributed by atoms with van der Waals surface area (Å²) in [4.78, 5) is 0. The Kier molecular flexibility index (Phi) is 15.5. The summed E-state index contributed by atoms with van der Waals surface area (Å²) in [5.74, 6) is 7.43. The highest BCUT2D eigenvalue weighted by Gasteiger charge is 2.51. The second-order valence-electron chi connectivity index (χ2n) is 25.3. The molecule has 0 aromatic heterocycles. The van der Waals surface area contributed by atoms with Crippen molar-refractivity contribution in [3.8, 4) is 22.9 Å². The van der Waals surface area contributed by atoms with Crippen LogP contribution in [-0.4, -0.2) is 43.0 Å². The zero-order valence-electron chi connectivity index (χ0n) is 47.0. The molecule has 0 amide bonds. The van der Waals surface area contributed by atoms with E-state index in [4.69, 9.17) is 8.85 Å². The Labute approximate surface area is 438 Å². The van der Waals surface area contributed by atoms with E-state index in [1.165, 1.54) is 10.4 Å². The van der Waals surface area contributed by atoms with Crippen molar-refractivity contribution in [2.75, 3.05) is 0 Å². The van der Waals surface area contributed by atoms with Crippen LogP contribution in [-0.2, 0) is 33.3 Å². The molecule has 0 saturated carbocycles. The maximum Gasteiger partial charge on any atom is 0.192 e. The van der Waals surface area contributed by atoms with Gasteiger partial charge in [-0.15, -0.1) is 11.1 Å². The molecular formula is C64H84O4Si4. The normalized spacial score (nSPS) is 17.8. The van der Waals surface area contributed by atoms with E-state index in [9.17, 15) is 10.2 Å². The molecule has 380 valence electrons. The summed E-state index contributed by atoms with van der Waals surface area (Å²) in [6.45, 7) is 42.4. The number of fused-ring (bicyclic) bond motifs is 4. The molecule has 1 aliphatic rings. The summed E-state index contributed by atoms with van der Waals surface area (Å²) >= 11 is 0. The summed E-state index contributed by atoms with van der Waals surface area (Å²) in [5, 5.41) is 34.6. The minimum Gasteiger partial charge on any atom is -0.413 e. The topological polar surface area (TPSA) is 58.9 Å². The largest absolute Gasteiger partial charge is 0.413 e. The maximum absolute atomic E-state index is 14.0. The van der Waals surface area contributed by atoms with Gasteiger partial charge in [-0.3, -0.25) is 0 Å². The highest BCUT2D eigenvalue weighted by molar-refractivity contribution is 7.01. The lowest BCUT2D eigenvalue weighted by atomic mass is 9.67. The minimum atomic E-state index is -2.73. The zero-order chi connectivity index (χ0) is 53.0. The average molecular weight is 1030 g/mol. The quantitative estimate of drug-likeness (QED) is 0.0947. The Morgan fingerprint density at radius 2 is 0.681 bits per heavy atom. The van der Waals surface area contributed by atoms with E-state index in [0.29, 0.717) is 35.5 Å². The monoisotopic (exact) mass is 1030 g/mol. The Morgan fingerprint density at radius 1 is 0.431 bits per heavy atom. The van der Waals surface area contributed by atoms with Crippen molar-refractivity contribution in [2.45, 2.75) is 180 Å². The molecule has 0 spiro atoms. The average Bonchev–Trinajstić information content (AvgIpc) is 3.31. The molecule has 1 aliphatic carbocycles. The third kappa shape index (κ3) is 10.0. The van der Waals surface area contributed by atoms with Crippen LogP contribution in [0.3, 0.4) is 0 Å². The molecule has 6 aromatic rings. The van der Waals surface area contributed by atoms with Crippen LogP contribution in [0.15, 0.2) is 121 Å². The number of benzene rings is 6. The zero-order valence-corrected chi connectivity index (χ0v) is 51.0. The minimum absolute atomic E-state index is 0.125. The summed E-state index contributed by atoms with van der Waals surface area (Å²) in [5.41, 5.74) is 9.96. The van der Waals surface area contributed by atoms with Gasteiger partial charge >= 0.3 is 0 Å². The molecule has 72 heavy (non-hydrogen) atoms. The maximum atomic E-state index is 14.0. The van der Waals surface area contributed by atoms with Gasteiger partial charge in [-0.1, -0.05) is 206 Å². The summed E-state index contributed by atoms with van der Waals surface area (Å²) in [6, 6.07) is 42.7. The lowest BCUT2D eigenvalue weighted by Gasteiger charge is -2.42. The van der Waals surface area contributed by atoms with E-state index in [0.717, 1.165) is 32.7 Å². The van der Waals surface area contributed by atoms with E-state index in [1.54, 1.807) is 0 Å².